The van der Waals surface area contributed by atoms with Crippen molar-refractivity contribution in [2.24, 2.45) is 0 Å². The standard InChI is InChI=1S/C12H18N2O2/c1-4-16-11-7-9(2)5-6-10(11)14-12(15)8-13-3/h5-7,13H,4,8H2,1-3H3,(H,14,15). The maximum atomic E-state index is 11.4. The van der Waals surface area contributed by atoms with Crippen LogP contribution in [0, 0.1) is 6.92 Å². The molecule has 0 bridgehead atoms. The Hall–Kier alpha value is -1.55. The molecule has 88 valence electrons. The molecule has 4 heteroatoms. The lowest BCUT2D eigenvalue weighted by Crippen LogP contribution is -2.25. The molecule has 0 saturated heterocycles. The predicted octanol–water partition coefficient (Wildman–Crippen LogP) is 1.55. The largest absolute Gasteiger partial charge is 0.492 e. The zero-order valence-electron chi connectivity index (χ0n) is 9.96. The van der Waals surface area contributed by atoms with Gasteiger partial charge in [-0.15, -0.1) is 0 Å². The Bertz CT molecular complexity index is 364. The summed E-state index contributed by atoms with van der Waals surface area (Å²) in [6, 6.07) is 5.71. The lowest BCUT2D eigenvalue weighted by atomic mass is 10.2. The number of amides is 1. The van der Waals surface area contributed by atoms with E-state index in [-0.39, 0.29) is 5.91 Å². The second kappa shape index (κ2) is 6.12. The Kier molecular flexibility index (Phi) is 4.79. The van der Waals surface area contributed by atoms with Crippen molar-refractivity contribution in [2.75, 3.05) is 25.5 Å². The highest BCUT2D eigenvalue weighted by atomic mass is 16.5. The summed E-state index contributed by atoms with van der Waals surface area (Å²) in [5.41, 5.74) is 1.82. The molecule has 0 aliphatic heterocycles. The van der Waals surface area contributed by atoms with E-state index in [1.807, 2.05) is 32.0 Å². The van der Waals surface area contributed by atoms with Gasteiger partial charge in [0.15, 0.2) is 0 Å². The molecule has 0 aromatic heterocycles. The summed E-state index contributed by atoms with van der Waals surface area (Å²) in [6.07, 6.45) is 0. The lowest BCUT2D eigenvalue weighted by Gasteiger charge is -2.12. The topological polar surface area (TPSA) is 50.4 Å². The zero-order valence-corrected chi connectivity index (χ0v) is 9.96. The highest BCUT2D eigenvalue weighted by Gasteiger charge is 2.06. The second-order valence-corrected chi connectivity index (χ2v) is 3.51. The summed E-state index contributed by atoms with van der Waals surface area (Å²) in [5, 5.41) is 5.59. The van der Waals surface area contributed by atoms with Crippen molar-refractivity contribution >= 4 is 11.6 Å². The number of likely N-dealkylation sites (N-methyl/N-ethyl adjacent to an activating group) is 1. The molecule has 0 unspecified atom stereocenters. The van der Waals surface area contributed by atoms with Gasteiger partial charge in [0, 0.05) is 0 Å². The smallest absolute Gasteiger partial charge is 0.238 e. The third-order valence-corrected chi connectivity index (χ3v) is 2.05. The van der Waals surface area contributed by atoms with Crippen LogP contribution in [0.4, 0.5) is 5.69 Å². The molecular weight excluding hydrogens is 204 g/mol. The molecule has 1 aromatic rings. The number of nitrogens with one attached hydrogen (secondary N) is 2. The van der Waals surface area contributed by atoms with E-state index in [2.05, 4.69) is 10.6 Å². The average molecular weight is 222 g/mol. The zero-order chi connectivity index (χ0) is 12.0. The van der Waals surface area contributed by atoms with Gasteiger partial charge in [0.05, 0.1) is 18.8 Å². The molecule has 0 radical (unpaired) electrons. The number of aryl methyl sites for hydroxylation is 1. The van der Waals surface area contributed by atoms with Crippen molar-refractivity contribution in [3.05, 3.63) is 23.8 Å². The Morgan fingerprint density at radius 3 is 2.81 bits per heavy atom. The number of benzene rings is 1. The van der Waals surface area contributed by atoms with Gasteiger partial charge in [-0.05, 0) is 38.6 Å². The molecule has 0 heterocycles. The van der Waals surface area contributed by atoms with Crippen molar-refractivity contribution in [1.29, 1.82) is 0 Å². The van der Waals surface area contributed by atoms with Crippen LogP contribution in [0.1, 0.15) is 12.5 Å². The number of anilines is 1. The van der Waals surface area contributed by atoms with Crippen molar-refractivity contribution in [3.63, 3.8) is 0 Å². The molecule has 0 aliphatic carbocycles. The fourth-order valence-corrected chi connectivity index (χ4v) is 1.36. The van der Waals surface area contributed by atoms with Crippen LogP contribution < -0.4 is 15.4 Å². The lowest BCUT2D eigenvalue weighted by molar-refractivity contribution is -0.115. The molecule has 16 heavy (non-hydrogen) atoms. The molecule has 1 aromatic carbocycles. The molecule has 4 nitrogen and oxygen atoms in total. The van der Waals surface area contributed by atoms with Gasteiger partial charge in [-0.1, -0.05) is 6.07 Å². The highest BCUT2D eigenvalue weighted by molar-refractivity contribution is 5.93. The Labute approximate surface area is 96.0 Å². The first-order valence-electron chi connectivity index (χ1n) is 5.35. The molecule has 0 fully saturated rings. The Morgan fingerprint density at radius 2 is 2.19 bits per heavy atom. The van der Waals surface area contributed by atoms with E-state index < -0.39 is 0 Å². The van der Waals surface area contributed by atoms with Crippen LogP contribution >= 0.6 is 0 Å². The van der Waals surface area contributed by atoms with Crippen molar-refractivity contribution in [3.8, 4) is 5.75 Å². The first-order valence-corrected chi connectivity index (χ1v) is 5.35. The molecule has 1 rings (SSSR count). The SMILES string of the molecule is CCOc1cc(C)ccc1NC(=O)CNC. The van der Waals surface area contributed by atoms with Crippen LogP contribution in [0.5, 0.6) is 5.75 Å². The van der Waals surface area contributed by atoms with Gasteiger partial charge in [0.2, 0.25) is 5.91 Å². The van der Waals surface area contributed by atoms with Gasteiger partial charge in [0.1, 0.15) is 5.75 Å². The van der Waals surface area contributed by atoms with Crippen molar-refractivity contribution < 1.29 is 9.53 Å². The van der Waals surface area contributed by atoms with Gasteiger partial charge >= 0.3 is 0 Å². The predicted molar refractivity (Wildman–Crippen MR) is 64.9 cm³/mol. The normalized spacial score (nSPS) is 9.94. The minimum absolute atomic E-state index is 0.0766. The molecule has 0 spiro atoms. The Morgan fingerprint density at radius 1 is 1.44 bits per heavy atom. The number of hydrogen-bond acceptors (Lipinski definition) is 3. The summed E-state index contributed by atoms with van der Waals surface area (Å²) >= 11 is 0. The summed E-state index contributed by atoms with van der Waals surface area (Å²) in [7, 11) is 1.73. The monoisotopic (exact) mass is 222 g/mol. The summed E-state index contributed by atoms with van der Waals surface area (Å²) in [4.78, 5) is 11.4. The molecule has 2 N–H and O–H groups in total. The Balaban J connectivity index is 2.81. The molecule has 0 saturated carbocycles. The van der Waals surface area contributed by atoms with E-state index in [1.54, 1.807) is 7.05 Å². The van der Waals surface area contributed by atoms with Crippen LogP contribution in [-0.2, 0) is 4.79 Å². The quantitative estimate of drug-likeness (QED) is 0.794. The maximum Gasteiger partial charge on any atom is 0.238 e. The first-order chi connectivity index (χ1) is 7.67. The van der Waals surface area contributed by atoms with E-state index in [4.69, 9.17) is 4.74 Å². The van der Waals surface area contributed by atoms with Gasteiger partial charge in [-0.25, -0.2) is 0 Å². The molecule has 0 atom stereocenters. The van der Waals surface area contributed by atoms with E-state index >= 15 is 0 Å². The number of ether oxygens (including phenoxy) is 1. The highest BCUT2D eigenvalue weighted by Crippen LogP contribution is 2.25. The fraction of sp³-hybridized carbons (Fsp3) is 0.417. The molecule has 1 amide bonds. The van der Waals surface area contributed by atoms with Crippen LogP contribution in [-0.4, -0.2) is 26.1 Å². The number of rotatable bonds is 5. The number of hydrogen-bond donors (Lipinski definition) is 2. The van der Waals surface area contributed by atoms with Gasteiger partial charge < -0.3 is 15.4 Å². The molecule has 0 aliphatic rings. The van der Waals surface area contributed by atoms with E-state index in [0.29, 0.717) is 24.6 Å². The number of carbonyl (C=O) groups excluding carboxylic acids is 1. The van der Waals surface area contributed by atoms with E-state index in [0.717, 1.165) is 5.56 Å². The van der Waals surface area contributed by atoms with Crippen LogP contribution in [0.15, 0.2) is 18.2 Å². The van der Waals surface area contributed by atoms with Gasteiger partial charge in [0.25, 0.3) is 0 Å². The minimum Gasteiger partial charge on any atom is -0.492 e. The third kappa shape index (κ3) is 3.55. The minimum atomic E-state index is -0.0766. The van der Waals surface area contributed by atoms with Crippen LogP contribution in [0.25, 0.3) is 0 Å². The van der Waals surface area contributed by atoms with Gasteiger partial charge in [-0.3, -0.25) is 4.79 Å². The van der Waals surface area contributed by atoms with Crippen LogP contribution in [0.3, 0.4) is 0 Å². The average Bonchev–Trinajstić information content (AvgIpc) is 2.23. The van der Waals surface area contributed by atoms with Crippen molar-refractivity contribution in [1.82, 2.24) is 5.32 Å². The molecular formula is C12H18N2O2. The van der Waals surface area contributed by atoms with Crippen LogP contribution in [0.2, 0.25) is 0 Å². The third-order valence-electron chi connectivity index (χ3n) is 2.05. The summed E-state index contributed by atoms with van der Waals surface area (Å²) in [5.74, 6) is 0.638. The second-order valence-electron chi connectivity index (χ2n) is 3.51. The van der Waals surface area contributed by atoms with Gasteiger partial charge in [-0.2, -0.15) is 0 Å². The number of carbonyl (C=O) groups is 1. The fourth-order valence-electron chi connectivity index (χ4n) is 1.36. The summed E-state index contributed by atoms with van der Waals surface area (Å²) < 4.78 is 5.46. The maximum absolute atomic E-state index is 11.4. The van der Waals surface area contributed by atoms with Crippen molar-refractivity contribution in [2.45, 2.75) is 13.8 Å². The summed E-state index contributed by atoms with van der Waals surface area (Å²) in [6.45, 7) is 4.78. The van der Waals surface area contributed by atoms with E-state index in [1.165, 1.54) is 0 Å². The first kappa shape index (κ1) is 12.5. The van der Waals surface area contributed by atoms with E-state index in [9.17, 15) is 4.79 Å².